The molecule has 1 fully saturated rings. The fourth-order valence-electron chi connectivity index (χ4n) is 2.43. The number of rotatable bonds is 2. The van der Waals surface area contributed by atoms with Crippen molar-refractivity contribution in [3.63, 3.8) is 0 Å². The van der Waals surface area contributed by atoms with Gasteiger partial charge in [-0.3, -0.25) is 4.79 Å². The molecule has 120 valence electrons. The van der Waals surface area contributed by atoms with Crippen molar-refractivity contribution in [2.75, 3.05) is 13.1 Å². The molecule has 5 nitrogen and oxygen atoms in total. The van der Waals surface area contributed by atoms with E-state index >= 15 is 0 Å². The van der Waals surface area contributed by atoms with Gasteiger partial charge in [0.15, 0.2) is 11.5 Å². The molecule has 2 unspecified atom stereocenters. The van der Waals surface area contributed by atoms with Crippen LogP contribution in [0.3, 0.4) is 0 Å². The first-order chi connectivity index (χ1) is 10.1. The van der Waals surface area contributed by atoms with Crippen LogP contribution in [0, 0.1) is 0 Å². The topological polar surface area (TPSA) is 58.4 Å². The maximum Gasteiger partial charge on any atom is 0.276 e. The predicted octanol–water partition coefficient (Wildman–Crippen LogP) is 3.30. The van der Waals surface area contributed by atoms with Crippen LogP contribution in [0.4, 0.5) is 0 Å². The average molecular weight is 362 g/mol. The summed E-state index contributed by atoms with van der Waals surface area (Å²) in [5.74, 6) is 0.486. The summed E-state index contributed by atoms with van der Waals surface area (Å²) in [6.45, 7) is 5.58. The summed E-state index contributed by atoms with van der Waals surface area (Å²) in [5.41, 5.74) is 0.343. The Bertz CT molecular complexity index is 658. The normalized spacial score (nSPS) is 21.5. The Kier molecular flexibility index (Phi) is 5.50. The van der Waals surface area contributed by atoms with E-state index in [9.17, 15) is 4.79 Å². The van der Waals surface area contributed by atoms with Crippen LogP contribution in [-0.4, -0.2) is 41.1 Å². The Morgan fingerprint density at radius 1 is 1.50 bits per heavy atom. The summed E-state index contributed by atoms with van der Waals surface area (Å²) >= 11 is 7.31. The first kappa shape index (κ1) is 17.3. The van der Waals surface area contributed by atoms with Crippen LogP contribution in [0.25, 0.3) is 10.6 Å². The van der Waals surface area contributed by atoms with Crippen molar-refractivity contribution < 1.29 is 9.32 Å². The third-order valence-electron chi connectivity index (χ3n) is 3.84. The zero-order chi connectivity index (χ0) is 15.0. The number of carbonyl (C=O) groups is 1. The number of nitrogens with zero attached hydrogens (tertiary/aromatic N) is 2. The van der Waals surface area contributed by atoms with E-state index in [2.05, 4.69) is 17.4 Å². The Morgan fingerprint density at radius 2 is 2.27 bits per heavy atom. The highest BCUT2D eigenvalue weighted by molar-refractivity contribution is 7.19. The summed E-state index contributed by atoms with van der Waals surface area (Å²) in [5, 5.41) is 7.26. The molecule has 0 saturated carbocycles. The fourth-order valence-corrected chi connectivity index (χ4v) is 3.42. The molecule has 1 aliphatic rings. The fraction of sp³-hybridized carbons (Fsp3) is 0.429. The molecular formula is C14H17Cl2N3O2S. The molecule has 0 spiro atoms. The van der Waals surface area contributed by atoms with Gasteiger partial charge in [-0.05, 0) is 26.0 Å². The Balaban J connectivity index is 0.00000176. The van der Waals surface area contributed by atoms with Crippen molar-refractivity contribution in [2.45, 2.75) is 25.9 Å². The number of hydrogen-bond donors (Lipinski definition) is 1. The molecule has 3 rings (SSSR count). The monoisotopic (exact) mass is 361 g/mol. The summed E-state index contributed by atoms with van der Waals surface area (Å²) in [4.78, 5) is 15.3. The lowest BCUT2D eigenvalue weighted by Crippen LogP contribution is -2.57. The third kappa shape index (κ3) is 3.30. The van der Waals surface area contributed by atoms with Gasteiger partial charge < -0.3 is 14.7 Å². The lowest BCUT2D eigenvalue weighted by atomic mass is 10.1. The van der Waals surface area contributed by atoms with Gasteiger partial charge in [-0.15, -0.1) is 23.7 Å². The standard InChI is InChI=1S/C14H16ClN3O2S.ClH/c1-8-9(2)18(6-5-16-8)14(19)10-7-11(20-17-10)12-3-4-13(15)21-12;/h3-4,7-9,16H,5-6H2,1-2H3;1H. The zero-order valence-corrected chi connectivity index (χ0v) is 14.6. The molecule has 1 N–H and O–H groups in total. The maximum atomic E-state index is 12.6. The molecular weight excluding hydrogens is 345 g/mol. The smallest absolute Gasteiger partial charge is 0.276 e. The van der Waals surface area contributed by atoms with Crippen LogP contribution in [0.5, 0.6) is 0 Å². The van der Waals surface area contributed by atoms with Crippen molar-refractivity contribution in [3.05, 3.63) is 28.2 Å². The number of nitrogens with one attached hydrogen (secondary N) is 1. The molecule has 1 amide bonds. The van der Waals surface area contributed by atoms with Crippen molar-refractivity contribution in [3.8, 4) is 10.6 Å². The van der Waals surface area contributed by atoms with Gasteiger partial charge in [-0.1, -0.05) is 16.8 Å². The number of piperazine rings is 1. The first-order valence-corrected chi connectivity index (χ1v) is 8.02. The number of carbonyl (C=O) groups excluding carboxylic acids is 1. The van der Waals surface area contributed by atoms with Gasteiger partial charge in [0.25, 0.3) is 5.91 Å². The molecule has 2 aromatic rings. The minimum Gasteiger partial charge on any atom is -0.355 e. The quantitative estimate of drug-likeness (QED) is 0.891. The molecule has 0 aliphatic carbocycles. The minimum atomic E-state index is -0.0893. The maximum absolute atomic E-state index is 12.6. The van der Waals surface area contributed by atoms with Crippen molar-refractivity contribution in [1.82, 2.24) is 15.4 Å². The summed E-state index contributed by atoms with van der Waals surface area (Å²) in [6.07, 6.45) is 0. The predicted molar refractivity (Wildman–Crippen MR) is 90.0 cm³/mol. The summed E-state index contributed by atoms with van der Waals surface area (Å²) in [7, 11) is 0. The molecule has 0 bridgehead atoms. The second-order valence-corrected chi connectivity index (χ2v) is 6.88. The van der Waals surface area contributed by atoms with Crippen LogP contribution >= 0.6 is 35.3 Å². The number of aromatic nitrogens is 1. The molecule has 2 aromatic heterocycles. The lowest BCUT2D eigenvalue weighted by molar-refractivity contribution is 0.0592. The third-order valence-corrected chi connectivity index (χ3v) is 5.09. The molecule has 1 saturated heterocycles. The van der Waals surface area contributed by atoms with Crippen LogP contribution in [0.15, 0.2) is 22.7 Å². The SMILES string of the molecule is CC1NCCN(C(=O)c2cc(-c3ccc(Cl)s3)on2)C1C.Cl. The number of hydrogen-bond acceptors (Lipinski definition) is 5. The number of thiophene rings is 1. The highest BCUT2D eigenvalue weighted by Crippen LogP contribution is 2.31. The van der Waals surface area contributed by atoms with Gasteiger partial charge in [0.2, 0.25) is 0 Å². The van der Waals surface area contributed by atoms with Gasteiger partial charge in [0, 0.05) is 31.2 Å². The zero-order valence-electron chi connectivity index (χ0n) is 12.2. The first-order valence-electron chi connectivity index (χ1n) is 6.83. The minimum absolute atomic E-state index is 0. The van der Waals surface area contributed by atoms with E-state index in [0.717, 1.165) is 11.4 Å². The van der Waals surface area contributed by atoms with E-state index in [0.29, 0.717) is 22.3 Å². The second-order valence-electron chi connectivity index (χ2n) is 5.16. The van der Waals surface area contributed by atoms with E-state index in [-0.39, 0.29) is 30.4 Å². The van der Waals surface area contributed by atoms with Crippen molar-refractivity contribution >= 4 is 41.3 Å². The Labute approximate surface area is 144 Å². The van der Waals surface area contributed by atoms with Gasteiger partial charge in [0.05, 0.1) is 9.21 Å². The Morgan fingerprint density at radius 3 is 2.95 bits per heavy atom. The molecule has 2 atom stereocenters. The van der Waals surface area contributed by atoms with E-state index in [4.69, 9.17) is 16.1 Å². The van der Waals surface area contributed by atoms with E-state index < -0.39 is 0 Å². The summed E-state index contributed by atoms with van der Waals surface area (Å²) in [6, 6.07) is 5.74. The number of amides is 1. The lowest BCUT2D eigenvalue weighted by Gasteiger charge is -2.38. The van der Waals surface area contributed by atoms with Crippen LogP contribution in [-0.2, 0) is 0 Å². The van der Waals surface area contributed by atoms with E-state index in [1.165, 1.54) is 11.3 Å². The van der Waals surface area contributed by atoms with Crippen LogP contribution < -0.4 is 5.32 Å². The molecule has 0 aromatic carbocycles. The van der Waals surface area contributed by atoms with Gasteiger partial charge in [-0.25, -0.2) is 0 Å². The second kappa shape index (κ2) is 7.00. The average Bonchev–Trinajstić information content (AvgIpc) is 3.09. The summed E-state index contributed by atoms with van der Waals surface area (Å²) < 4.78 is 5.96. The van der Waals surface area contributed by atoms with Crippen molar-refractivity contribution in [2.24, 2.45) is 0 Å². The molecule has 1 aliphatic heterocycles. The molecule has 8 heteroatoms. The van der Waals surface area contributed by atoms with E-state index in [1.54, 1.807) is 12.1 Å². The van der Waals surface area contributed by atoms with Gasteiger partial charge in [0.1, 0.15) is 0 Å². The number of halogens is 2. The Hall–Kier alpha value is -1.08. The molecule has 0 radical (unpaired) electrons. The molecule has 22 heavy (non-hydrogen) atoms. The van der Waals surface area contributed by atoms with Crippen LogP contribution in [0.2, 0.25) is 4.34 Å². The van der Waals surface area contributed by atoms with Gasteiger partial charge in [-0.2, -0.15) is 0 Å². The van der Waals surface area contributed by atoms with Crippen LogP contribution in [0.1, 0.15) is 24.3 Å². The van der Waals surface area contributed by atoms with Crippen molar-refractivity contribution in [1.29, 1.82) is 0 Å². The highest BCUT2D eigenvalue weighted by Gasteiger charge is 2.30. The largest absolute Gasteiger partial charge is 0.355 e. The van der Waals surface area contributed by atoms with Gasteiger partial charge >= 0.3 is 0 Å². The highest BCUT2D eigenvalue weighted by atomic mass is 35.5. The molecule has 3 heterocycles. The van der Waals surface area contributed by atoms with E-state index in [1.807, 2.05) is 17.9 Å².